The zero-order valence-electron chi connectivity index (χ0n) is 10.7. The average molecular weight is 253 g/mol. The lowest BCUT2D eigenvalue weighted by atomic mass is 10.1. The number of rotatable bonds is 4. The highest BCUT2D eigenvalue weighted by Crippen LogP contribution is 2.14. The Morgan fingerprint density at radius 3 is 2.89 bits per heavy atom. The van der Waals surface area contributed by atoms with Gasteiger partial charge in [-0.3, -0.25) is 4.90 Å². The Morgan fingerprint density at radius 2 is 2.17 bits per heavy atom. The van der Waals surface area contributed by atoms with Gasteiger partial charge in [0.2, 0.25) is 5.95 Å². The summed E-state index contributed by atoms with van der Waals surface area (Å²) in [6.45, 7) is 5.04. The molecule has 0 spiro atoms. The van der Waals surface area contributed by atoms with Crippen molar-refractivity contribution in [3.8, 4) is 0 Å². The Labute approximate surface area is 107 Å². The van der Waals surface area contributed by atoms with Gasteiger partial charge in [-0.1, -0.05) is 6.42 Å². The molecule has 1 unspecified atom stereocenters. The van der Waals surface area contributed by atoms with Gasteiger partial charge in [-0.25, -0.2) is 9.37 Å². The highest BCUT2D eigenvalue weighted by molar-refractivity contribution is 5.39. The first-order valence-electron chi connectivity index (χ1n) is 6.43. The summed E-state index contributed by atoms with van der Waals surface area (Å²) in [5.41, 5.74) is 5.44. The van der Waals surface area contributed by atoms with Gasteiger partial charge >= 0.3 is 0 Å². The normalized spacial score (nSPS) is 18.6. The summed E-state index contributed by atoms with van der Waals surface area (Å²) in [4.78, 5) is 9.87. The lowest BCUT2D eigenvalue weighted by Crippen LogP contribution is -2.41. The van der Waals surface area contributed by atoms with Gasteiger partial charge in [0.15, 0.2) is 11.6 Å². The maximum atomic E-state index is 13.4. The van der Waals surface area contributed by atoms with Crippen molar-refractivity contribution < 1.29 is 4.39 Å². The van der Waals surface area contributed by atoms with Crippen LogP contribution >= 0.6 is 0 Å². The fourth-order valence-corrected chi connectivity index (χ4v) is 2.24. The molecule has 100 valence electrons. The molecule has 1 aliphatic heterocycles. The molecule has 1 aliphatic rings. The average Bonchev–Trinajstić information content (AvgIpc) is 2.40. The van der Waals surface area contributed by atoms with Crippen LogP contribution in [0.2, 0.25) is 0 Å². The van der Waals surface area contributed by atoms with Crippen molar-refractivity contribution >= 4 is 11.8 Å². The predicted molar refractivity (Wildman–Crippen MR) is 69.8 cm³/mol. The van der Waals surface area contributed by atoms with Gasteiger partial charge in [0.05, 0.1) is 6.20 Å². The largest absolute Gasteiger partial charge is 0.368 e. The predicted octanol–water partition coefficient (Wildman–Crippen LogP) is 1.48. The van der Waals surface area contributed by atoms with E-state index in [1.54, 1.807) is 0 Å². The topological polar surface area (TPSA) is 67.1 Å². The minimum Gasteiger partial charge on any atom is -0.368 e. The molecule has 1 fully saturated rings. The first-order chi connectivity index (χ1) is 8.66. The molecule has 1 atom stereocenters. The summed E-state index contributed by atoms with van der Waals surface area (Å²) in [6, 6.07) is 0.362. The summed E-state index contributed by atoms with van der Waals surface area (Å²) < 4.78 is 13.4. The molecular formula is C12H20FN5. The van der Waals surface area contributed by atoms with E-state index < -0.39 is 5.82 Å². The molecule has 1 aromatic heterocycles. The lowest BCUT2D eigenvalue weighted by Gasteiger charge is -2.32. The van der Waals surface area contributed by atoms with Crippen LogP contribution in [0.5, 0.6) is 0 Å². The maximum Gasteiger partial charge on any atom is 0.222 e. The van der Waals surface area contributed by atoms with Crippen molar-refractivity contribution in [2.75, 3.05) is 30.7 Å². The van der Waals surface area contributed by atoms with E-state index in [0.29, 0.717) is 12.6 Å². The Hall–Kier alpha value is -1.43. The van der Waals surface area contributed by atoms with Crippen LogP contribution < -0.4 is 11.1 Å². The van der Waals surface area contributed by atoms with E-state index in [4.69, 9.17) is 5.73 Å². The zero-order valence-corrected chi connectivity index (χ0v) is 10.7. The molecule has 0 saturated carbocycles. The van der Waals surface area contributed by atoms with Gasteiger partial charge in [-0.2, -0.15) is 4.98 Å². The van der Waals surface area contributed by atoms with Crippen molar-refractivity contribution in [2.24, 2.45) is 0 Å². The molecule has 0 radical (unpaired) electrons. The first kappa shape index (κ1) is 13.0. The second kappa shape index (κ2) is 5.95. The molecule has 18 heavy (non-hydrogen) atoms. The van der Waals surface area contributed by atoms with E-state index >= 15 is 0 Å². The molecule has 1 aromatic rings. The van der Waals surface area contributed by atoms with Crippen LogP contribution in [0, 0.1) is 5.82 Å². The van der Waals surface area contributed by atoms with Crippen molar-refractivity contribution in [3.05, 3.63) is 12.0 Å². The second-order valence-corrected chi connectivity index (χ2v) is 4.75. The molecule has 0 amide bonds. The molecule has 0 aliphatic carbocycles. The smallest absolute Gasteiger partial charge is 0.222 e. The number of nitrogens with two attached hydrogens (primary N) is 1. The van der Waals surface area contributed by atoms with E-state index in [-0.39, 0.29) is 11.8 Å². The molecule has 0 bridgehead atoms. The highest BCUT2D eigenvalue weighted by Gasteiger charge is 2.17. The van der Waals surface area contributed by atoms with E-state index in [2.05, 4.69) is 27.1 Å². The SMILES string of the molecule is CC(CNc1nc(N)ncc1F)N1CCCCC1. The summed E-state index contributed by atoms with van der Waals surface area (Å²) >= 11 is 0. The number of anilines is 2. The van der Waals surface area contributed by atoms with Gasteiger partial charge in [-0.05, 0) is 32.9 Å². The Morgan fingerprint density at radius 1 is 1.44 bits per heavy atom. The number of nitrogens with zero attached hydrogens (tertiary/aromatic N) is 3. The fraction of sp³-hybridized carbons (Fsp3) is 0.667. The summed E-state index contributed by atoms with van der Waals surface area (Å²) in [5, 5.41) is 3.00. The Balaban J connectivity index is 1.88. The van der Waals surface area contributed by atoms with Crippen molar-refractivity contribution in [1.82, 2.24) is 14.9 Å². The minimum absolute atomic E-state index is 0.0875. The van der Waals surface area contributed by atoms with E-state index in [9.17, 15) is 4.39 Å². The number of aromatic nitrogens is 2. The Bertz CT molecular complexity index is 392. The molecule has 1 saturated heterocycles. The second-order valence-electron chi connectivity index (χ2n) is 4.75. The summed E-state index contributed by atoms with van der Waals surface area (Å²) in [7, 11) is 0. The summed E-state index contributed by atoms with van der Waals surface area (Å²) in [6.07, 6.45) is 4.91. The zero-order chi connectivity index (χ0) is 13.0. The molecule has 2 rings (SSSR count). The number of piperidine rings is 1. The number of nitrogens with one attached hydrogen (secondary N) is 1. The lowest BCUT2D eigenvalue weighted by molar-refractivity contribution is 0.180. The van der Waals surface area contributed by atoms with E-state index in [1.807, 2.05) is 0 Å². The Kier molecular flexibility index (Phi) is 4.30. The molecule has 3 N–H and O–H groups in total. The van der Waals surface area contributed by atoms with Crippen LogP contribution in [0.15, 0.2) is 6.20 Å². The third kappa shape index (κ3) is 3.29. The number of hydrogen-bond donors (Lipinski definition) is 2. The van der Waals surface area contributed by atoms with E-state index in [0.717, 1.165) is 19.3 Å². The number of nitrogen functional groups attached to an aromatic ring is 1. The molecule has 6 heteroatoms. The van der Waals surface area contributed by atoms with Gasteiger partial charge in [-0.15, -0.1) is 0 Å². The van der Waals surface area contributed by atoms with Crippen LogP contribution in [0.1, 0.15) is 26.2 Å². The number of hydrogen-bond acceptors (Lipinski definition) is 5. The molecule has 2 heterocycles. The quantitative estimate of drug-likeness (QED) is 0.851. The van der Waals surface area contributed by atoms with Gasteiger partial charge in [0, 0.05) is 12.6 Å². The van der Waals surface area contributed by atoms with Crippen molar-refractivity contribution in [2.45, 2.75) is 32.2 Å². The van der Waals surface area contributed by atoms with Gasteiger partial charge in [0.25, 0.3) is 0 Å². The number of halogens is 1. The van der Waals surface area contributed by atoms with Crippen LogP contribution in [0.3, 0.4) is 0 Å². The molecular weight excluding hydrogens is 233 g/mol. The fourth-order valence-electron chi connectivity index (χ4n) is 2.24. The van der Waals surface area contributed by atoms with Crippen LogP contribution in [-0.4, -0.2) is 40.5 Å². The number of likely N-dealkylation sites (tertiary alicyclic amines) is 1. The molecule has 5 nitrogen and oxygen atoms in total. The minimum atomic E-state index is -0.463. The van der Waals surface area contributed by atoms with Gasteiger partial charge in [0.1, 0.15) is 0 Å². The van der Waals surface area contributed by atoms with Crippen molar-refractivity contribution in [3.63, 3.8) is 0 Å². The first-order valence-corrected chi connectivity index (χ1v) is 6.43. The highest BCUT2D eigenvalue weighted by atomic mass is 19.1. The van der Waals surface area contributed by atoms with Crippen LogP contribution in [0.25, 0.3) is 0 Å². The maximum absolute atomic E-state index is 13.4. The molecule has 0 aromatic carbocycles. The third-order valence-corrected chi connectivity index (χ3v) is 3.34. The van der Waals surface area contributed by atoms with Crippen LogP contribution in [-0.2, 0) is 0 Å². The van der Waals surface area contributed by atoms with Crippen molar-refractivity contribution in [1.29, 1.82) is 0 Å². The third-order valence-electron chi connectivity index (χ3n) is 3.34. The van der Waals surface area contributed by atoms with Gasteiger partial charge < -0.3 is 11.1 Å². The standard InChI is InChI=1S/C12H20FN5/c1-9(18-5-3-2-4-6-18)7-15-11-10(13)8-16-12(14)17-11/h8-9H,2-7H2,1H3,(H3,14,15,16,17). The summed E-state index contributed by atoms with van der Waals surface area (Å²) in [5.74, 6) is -0.189. The van der Waals surface area contributed by atoms with E-state index in [1.165, 1.54) is 19.3 Å². The monoisotopic (exact) mass is 253 g/mol. The van der Waals surface area contributed by atoms with Crippen LogP contribution in [0.4, 0.5) is 16.2 Å².